The molecule has 0 bridgehead atoms. The van der Waals surface area contributed by atoms with E-state index in [-0.39, 0.29) is 0 Å². The van der Waals surface area contributed by atoms with Gasteiger partial charge in [-0.1, -0.05) is 23.7 Å². The van der Waals surface area contributed by atoms with Crippen molar-refractivity contribution in [1.82, 2.24) is 15.1 Å². The van der Waals surface area contributed by atoms with Crippen molar-refractivity contribution in [3.63, 3.8) is 0 Å². The summed E-state index contributed by atoms with van der Waals surface area (Å²) in [6.45, 7) is 2.42. The van der Waals surface area contributed by atoms with E-state index >= 15 is 0 Å². The number of nitrogens with zero attached hydrogens (tertiary/aromatic N) is 2. The summed E-state index contributed by atoms with van der Waals surface area (Å²) < 4.78 is 5.36. The normalized spacial score (nSPS) is 19.2. The van der Waals surface area contributed by atoms with E-state index < -0.39 is 12.0 Å². The third-order valence-corrected chi connectivity index (χ3v) is 3.93. The maximum atomic E-state index is 11.3. The van der Waals surface area contributed by atoms with Gasteiger partial charge in [-0.25, -0.2) is 0 Å². The molecule has 2 heterocycles. The minimum Gasteiger partial charge on any atom is -0.367 e. The second-order valence-corrected chi connectivity index (χ2v) is 5.71. The van der Waals surface area contributed by atoms with Crippen molar-refractivity contribution in [2.75, 3.05) is 19.7 Å². The Hall–Kier alpha value is -1.89. The van der Waals surface area contributed by atoms with Gasteiger partial charge in [-0.15, -0.1) is 0 Å². The number of benzene rings is 1. The predicted octanol–water partition coefficient (Wildman–Crippen LogP) is 1.42. The molecule has 6 nitrogen and oxygen atoms in total. The SMILES string of the molecule is NC(=O)C1CN(Cc2cn[nH]c2-c2cccc(Cl)c2)CCO1. The summed E-state index contributed by atoms with van der Waals surface area (Å²) in [4.78, 5) is 13.4. The standard InChI is InChI=1S/C15H17ClN4O2/c16-12-3-1-2-10(6-12)14-11(7-18-19-14)8-20-4-5-22-13(9-20)15(17)21/h1-3,6-7,13H,4-5,8-9H2,(H2,17,21)(H,18,19). The lowest BCUT2D eigenvalue weighted by Crippen LogP contribution is -2.47. The van der Waals surface area contributed by atoms with Crippen LogP contribution in [0.5, 0.6) is 0 Å². The molecule has 116 valence electrons. The first-order valence-corrected chi connectivity index (χ1v) is 7.43. The van der Waals surface area contributed by atoms with Crippen molar-refractivity contribution in [1.29, 1.82) is 0 Å². The summed E-state index contributed by atoms with van der Waals surface area (Å²) >= 11 is 6.05. The van der Waals surface area contributed by atoms with Crippen molar-refractivity contribution in [3.05, 3.63) is 41.0 Å². The van der Waals surface area contributed by atoms with Gasteiger partial charge in [0, 0.05) is 35.8 Å². The fourth-order valence-corrected chi connectivity index (χ4v) is 2.77. The number of ether oxygens (including phenoxy) is 1. The van der Waals surface area contributed by atoms with Gasteiger partial charge in [0.1, 0.15) is 6.10 Å². The van der Waals surface area contributed by atoms with Crippen LogP contribution in [0.15, 0.2) is 30.5 Å². The molecule has 1 atom stereocenters. The molecule has 1 amide bonds. The Labute approximate surface area is 133 Å². The Balaban J connectivity index is 1.76. The zero-order chi connectivity index (χ0) is 15.5. The molecule has 7 heteroatoms. The molecule has 3 N–H and O–H groups in total. The molecular formula is C15H17ClN4O2. The second kappa shape index (κ2) is 6.48. The number of carbonyl (C=O) groups is 1. The number of primary amides is 1. The molecule has 0 aliphatic carbocycles. The van der Waals surface area contributed by atoms with Gasteiger partial charge in [0.25, 0.3) is 0 Å². The van der Waals surface area contributed by atoms with Crippen LogP contribution in [0.3, 0.4) is 0 Å². The molecule has 1 fully saturated rings. The number of morpholine rings is 1. The number of halogens is 1. The van der Waals surface area contributed by atoms with Crippen molar-refractivity contribution in [2.24, 2.45) is 5.73 Å². The molecular weight excluding hydrogens is 304 g/mol. The number of hydrogen-bond acceptors (Lipinski definition) is 4. The molecule has 0 radical (unpaired) electrons. The largest absolute Gasteiger partial charge is 0.367 e. The van der Waals surface area contributed by atoms with Crippen LogP contribution in [-0.4, -0.2) is 46.8 Å². The van der Waals surface area contributed by atoms with E-state index in [1.165, 1.54) is 0 Å². The quantitative estimate of drug-likeness (QED) is 0.892. The van der Waals surface area contributed by atoms with E-state index in [1.807, 2.05) is 24.3 Å². The third kappa shape index (κ3) is 3.30. The maximum Gasteiger partial charge on any atom is 0.247 e. The fourth-order valence-electron chi connectivity index (χ4n) is 2.58. The van der Waals surface area contributed by atoms with Gasteiger partial charge in [-0.2, -0.15) is 5.10 Å². The molecule has 0 saturated carbocycles. The Kier molecular flexibility index (Phi) is 4.42. The van der Waals surface area contributed by atoms with Gasteiger partial charge in [0.15, 0.2) is 0 Å². The average molecular weight is 321 g/mol. The van der Waals surface area contributed by atoms with Crippen LogP contribution in [0.25, 0.3) is 11.3 Å². The van der Waals surface area contributed by atoms with Gasteiger partial charge in [0.2, 0.25) is 5.91 Å². The lowest BCUT2D eigenvalue weighted by Gasteiger charge is -2.31. The monoisotopic (exact) mass is 320 g/mol. The Morgan fingerprint density at radius 1 is 1.55 bits per heavy atom. The van der Waals surface area contributed by atoms with Crippen LogP contribution in [0.4, 0.5) is 0 Å². The topological polar surface area (TPSA) is 84.2 Å². The highest BCUT2D eigenvalue weighted by Crippen LogP contribution is 2.25. The second-order valence-electron chi connectivity index (χ2n) is 5.28. The van der Waals surface area contributed by atoms with Gasteiger partial charge in [-0.3, -0.25) is 14.8 Å². The molecule has 1 aromatic heterocycles. The number of carbonyl (C=O) groups excluding carboxylic acids is 1. The highest BCUT2D eigenvalue weighted by Gasteiger charge is 2.25. The highest BCUT2D eigenvalue weighted by molar-refractivity contribution is 6.30. The van der Waals surface area contributed by atoms with Gasteiger partial charge >= 0.3 is 0 Å². The minimum absolute atomic E-state index is 0.424. The number of aromatic nitrogens is 2. The Bertz CT molecular complexity index is 673. The molecule has 1 unspecified atom stereocenters. The summed E-state index contributed by atoms with van der Waals surface area (Å²) in [7, 11) is 0. The zero-order valence-electron chi connectivity index (χ0n) is 12.0. The van der Waals surface area contributed by atoms with E-state index in [0.717, 1.165) is 23.4 Å². The molecule has 22 heavy (non-hydrogen) atoms. The number of nitrogens with one attached hydrogen (secondary N) is 1. The highest BCUT2D eigenvalue weighted by atomic mass is 35.5. The number of rotatable bonds is 4. The van der Waals surface area contributed by atoms with Gasteiger partial charge in [0.05, 0.1) is 18.5 Å². The average Bonchev–Trinajstić information content (AvgIpc) is 2.95. The van der Waals surface area contributed by atoms with Crippen LogP contribution in [0.2, 0.25) is 5.02 Å². The number of amides is 1. The number of nitrogens with two attached hydrogens (primary N) is 1. The summed E-state index contributed by atoms with van der Waals surface area (Å²) in [5.74, 6) is -0.424. The van der Waals surface area contributed by atoms with Crippen molar-refractivity contribution in [3.8, 4) is 11.3 Å². The van der Waals surface area contributed by atoms with E-state index in [4.69, 9.17) is 22.1 Å². The summed E-state index contributed by atoms with van der Waals surface area (Å²) in [6, 6.07) is 7.61. The van der Waals surface area contributed by atoms with Gasteiger partial charge < -0.3 is 10.5 Å². The first kappa shape index (κ1) is 15.0. The van der Waals surface area contributed by atoms with Crippen molar-refractivity contribution < 1.29 is 9.53 Å². The first-order valence-electron chi connectivity index (χ1n) is 7.05. The van der Waals surface area contributed by atoms with E-state index in [2.05, 4.69) is 15.1 Å². The van der Waals surface area contributed by atoms with E-state index in [0.29, 0.717) is 24.7 Å². The third-order valence-electron chi connectivity index (χ3n) is 3.69. The summed E-state index contributed by atoms with van der Waals surface area (Å²) in [5, 5.41) is 7.82. The smallest absolute Gasteiger partial charge is 0.247 e. The van der Waals surface area contributed by atoms with Crippen molar-refractivity contribution in [2.45, 2.75) is 12.6 Å². The lowest BCUT2D eigenvalue weighted by atomic mass is 10.1. The molecule has 1 aromatic carbocycles. The van der Waals surface area contributed by atoms with Crippen molar-refractivity contribution >= 4 is 17.5 Å². The van der Waals surface area contributed by atoms with E-state index in [9.17, 15) is 4.79 Å². The Morgan fingerprint density at radius 2 is 2.41 bits per heavy atom. The summed E-state index contributed by atoms with van der Waals surface area (Å²) in [5.41, 5.74) is 8.29. The first-order chi connectivity index (χ1) is 10.6. The van der Waals surface area contributed by atoms with Crippen LogP contribution < -0.4 is 5.73 Å². The minimum atomic E-state index is -0.546. The van der Waals surface area contributed by atoms with Gasteiger partial charge in [-0.05, 0) is 12.1 Å². The zero-order valence-corrected chi connectivity index (χ0v) is 12.7. The number of H-pyrrole nitrogens is 1. The lowest BCUT2D eigenvalue weighted by molar-refractivity contribution is -0.135. The predicted molar refractivity (Wildman–Crippen MR) is 83.2 cm³/mol. The van der Waals surface area contributed by atoms with Crippen LogP contribution in [-0.2, 0) is 16.1 Å². The number of aromatic amines is 1. The maximum absolute atomic E-state index is 11.3. The molecule has 3 rings (SSSR count). The van der Waals surface area contributed by atoms with Crippen LogP contribution in [0, 0.1) is 0 Å². The fraction of sp³-hybridized carbons (Fsp3) is 0.333. The molecule has 1 saturated heterocycles. The van der Waals surface area contributed by atoms with E-state index in [1.54, 1.807) is 6.20 Å². The molecule has 2 aromatic rings. The molecule has 0 spiro atoms. The summed E-state index contributed by atoms with van der Waals surface area (Å²) in [6.07, 6.45) is 1.25. The molecule has 1 aliphatic heterocycles. The van der Waals surface area contributed by atoms with Crippen LogP contribution >= 0.6 is 11.6 Å². The number of hydrogen-bond donors (Lipinski definition) is 2. The van der Waals surface area contributed by atoms with Crippen LogP contribution in [0.1, 0.15) is 5.56 Å². The Morgan fingerprint density at radius 3 is 3.18 bits per heavy atom. The molecule has 1 aliphatic rings.